The third-order valence-electron chi connectivity index (χ3n) is 4.71. The van der Waals surface area contributed by atoms with E-state index in [0.717, 1.165) is 32.4 Å². The molecule has 0 spiro atoms. The molecule has 7 heteroatoms. The summed E-state index contributed by atoms with van der Waals surface area (Å²) in [6.45, 7) is 5.62. The minimum Gasteiger partial charge on any atom is -0.336 e. The second-order valence-corrected chi connectivity index (χ2v) is 6.89. The van der Waals surface area contributed by atoms with Gasteiger partial charge >= 0.3 is 6.03 Å². The van der Waals surface area contributed by atoms with Gasteiger partial charge < -0.3 is 20.9 Å². The first-order chi connectivity index (χ1) is 11.6. The Labute approximate surface area is 155 Å². The molecule has 2 atom stereocenters. The smallest absolute Gasteiger partial charge is 0.319 e. The number of carbonyl (C=O) groups excluding carboxylic acids is 2. The van der Waals surface area contributed by atoms with E-state index in [-0.39, 0.29) is 36.4 Å². The highest BCUT2D eigenvalue weighted by atomic mass is 35.5. The fraction of sp³-hybridized carbons (Fsp3) is 0.556. The van der Waals surface area contributed by atoms with E-state index in [0.29, 0.717) is 17.3 Å². The van der Waals surface area contributed by atoms with Gasteiger partial charge in [0.1, 0.15) is 0 Å². The zero-order valence-electron chi connectivity index (χ0n) is 14.7. The van der Waals surface area contributed by atoms with E-state index in [9.17, 15) is 9.59 Å². The SMILES string of the molecule is CC(C)NC(=O)Nc1ccccc1C(=O)N1C2CCNCC1CC2.Cl. The molecule has 2 aliphatic heterocycles. The predicted octanol–water partition coefficient (Wildman–Crippen LogP) is 2.60. The summed E-state index contributed by atoms with van der Waals surface area (Å²) in [4.78, 5) is 27.2. The Hall–Kier alpha value is -1.79. The van der Waals surface area contributed by atoms with Crippen molar-refractivity contribution in [1.29, 1.82) is 0 Å². The maximum Gasteiger partial charge on any atom is 0.319 e. The maximum atomic E-state index is 13.2. The Morgan fingerprint density at radius 3 is 2.64 bits per heavy atom. The maximum absolute atomic E-state index is 13.2. The third kappa shape index (κ3) is 4.44. The van der Waals surface area contributed by atoms with Gasteiger partial charge in [-0.25, -0.2) is 4.79 Å². The van der Waals surface area contributed by atoms with Crippen LogP contribution in [0, 0.1) is 0 Å². The molecular formula is C18H27ClN4O2. The predicted molar refractivity (Wildman–Crippen MR) is 101 cm³/mol. The van der Waals surface area contributed by atoms with Gasteiger partial charge in [-0.15, -0.1) is 12.4 Å². The molecule has 2 unspecified atom stereocenters. The number of benzene rings is 1. The Morgan fingerprint density at radius 1 is 1.16 bits per heavy atom. The molecule has 2 bridgehead atoms. The van der Waals surface area contributed by atoms with Crippen LogP contribution in [-0.2, 0) is 0 Å². The van der Waals surface area contributed by atoms with Crippen LogP contribution >= 0.6 is 12.4 Å². The largest absolute Gasteiger partial charge is 0.336 e. The molecule has 2 saturated heterocycles. The Morgan fingerprint density at radius 2 is 1.88 bits per heavy atom. The molecule has 1 aromatic carbocycles. The Kier molecular flexibility index (Phi) is 6.67. The fourth-order valence-electron chi connectivity index (χ4n) is 3.65. The van der Waals surface area contributed by atoms with Crippen LogP contribution in [0.25, 0.3) is 0 Å². The van der Waals surface area contributed by atoms with Crippen molar-refractivity contribution in [3.05, 3.63) is 29.8 Å². The van der Waals surface area contributed by atoms with Crippen molar-refractivity contribution >= 4 is 30.0 Å². The summed E-state index contributed by atoms with van der Waals surface area (Å²) < 4.78 is 0. The number of fused-ring (bicyclic) bond motifs is 2. The van der Waals surface area contributed by atoms with Crippen molar-refractivity contribution in [2.75, 3.05) is 18.4 Å². The van der Waals surface area contributed by atoms with Crippen molar-refractivity contribution in [3.63, 3.8) is 0 Å². The van der Waals surface area contributed by atoms with E-state index in [1.165, 1.54) is 0 Å². The van der Waals surface area contributed by atoms with Gasteiger partial charge in [0.25, 0.3) is 5.91 Å². The first-order valence-corrected chi connectivity index (χ1v) is 8.76. The molecule has 2 fully saturated rings. The van der Waals surface area contributed by atoms with Crippen molar-refractivity contribution in [2.45, 2.75) is 51.2 Å². The molecule has 3 rings (SSSR count). The lowest BCUT2D eigenvalue weighted by atomic mass is 10.1. The van der Waals surface area contributed by atoms with Crippen LogP contribution in [-0.4, -0.2) is 48.1 Å². The van der Waals surface area contributed by atoms with Crippen molar-refractivity contribution in [2.24, 2.45) is 0 Å². The lowest BCUT2D eigenvalue weighted by molar-refractivity contribution is 0.0681. The minimum atomic E-state index is -0.286. The van der Waals surface area contributed by atoms with Crippen LogP contribution < -0.4 is 16.0 Å². The summed E-state index contributed by atoms with van der Waals surface area (Å²) in [5.74, 6) is 0.0200. The highest BCUT2D eigenvalue weighted by Gasteiger charge is 2.38. The molecule has 3 N–H and O–H groups in total. The Bertz CT molecular complexity index is 609. The molecule has 0 saturated carbocycles. The normalized spacial score (nSPS) is 22.1. The lowest BCUT2D eigenvalue weighted by Crippen LogP contribution is -2.43. The van der Waals surface area contributed by atoms with E-state index in [4.69, 9.17) is 0 Å². The van der Waals surface area contributed by atoms with Crippen LogP contribution in [0.15, 0.2) is 24.3 Å². The number of urea groups is 1. The molecule has 6 nitrogen and oxygen atoms in total. The monoisotopic (exact) mass is 366 g/mol. The van der Waals surface area contributed by atoms with E-state index in [1.807, 2.05) is 30.9 Å². The molecule has 3 amide bonds. The quantitative estimate of drug-likeness (QED) is 0.769. The molecule has 2 aliphatic rings. The lowest BCUT2D eigenvalue weighted by Gasteiger charge is -2.28. The number of nitrogens with one attached hydrogen (secondary N) is 3. The van der Waals surface area contributed by atoms with Crippen molar-refractivity contribution in [3.8, 4) is 0 Å². The third-order valence-corrected chi connectivity index (χ3v) is 4.71. The van der Waals surface area contributed by atoms with Crippen LogP contribution in [0.5, 0.6) is 0 Å². The number of amides is 3. The minimum absolute atomic E-state index is 0. The van der Waals surface area contributed by atoms with Gasteiger partial charge in [-0.2, -0.15) is 0 Å². The Balaban J connectivity index is 0.00000225. The zero-order valence-corrected chi connectivity index (χ0v) is 15.6. The molecule has 25 heavy (non-hydrogen) atoms. The van der Waals surface area contributed by atoms with Gasteiger partial charge in [-0.05, 0) is 51.8 Å². The average Bonchev–Trinajstić information content (AvgIpc) is 2.79. The molecular weight excluding hydrogens is 340 g/mol. The number of halogens is 1. The van der Waals surface area contributed by atoms with Gasteiger partial charge in [-0.1, -0.05) is 12.1 Å². The molecule has 0 radical (unpaired) electrons. The number of nitrogens with zero attached hydrogens (tertiary/aromatic N) is 1. The number of hydrogen-bond acceptors (Lipinski definition) is 3. The molecule has 0 aliphatic carbocycles. The summed E-state index contributed by atoms with van der Waals surface area (Å²) >= 11 is 0. The fourth-order valence-corrected chi connectivity index (χ4v) is 3.65. The van der Waals surface area contributed by atoms with Crippen LogP contribution in [0.4, 0.5) is 10.5 Å². The average molecular weight is 367 g/mol. The number of anilines is 1. The van der Waals surface area contributed by atoms with E-state index >= 15 is 0 Å². The highest BCUT2D eigenvalue weighted by Crippen LogP contribution is 2.31. The van der Waals surface area contributed by atoms with Gasteiger partial charge in [0.05, 0.1) is 11.3 Å². The summed E-state index contributed by atoms with van der Waals surface area (Å²) in [5, 5.41) is 9.02. The summed E-state index contributed by atoms with van der Waals surface area (Å²) in [5.41, 5.74) is 1.13. The van der Waals surface area contributed by atoms with Gasteiger partial charge in [0.15, 0.2) is 0 Å². The van der Waals surface area contributed by atoms with E-state index in [2.05, 4.69) is 16.0 Å². The zero-order chi connectivity index (χ0) is 17.1. The van der Waals surface area contributed by atoms with Crippen LogP contribution in [0.1, 0.15) is 43.5 Å². The standard InChI is InChI=1S/C18H26N4O2.ClH/c1-12(2)20-18(24)21-16-6-4-3-5-15(16)17(23)22-13-7-8-14(22)11-19-10-9-13;/h3-6,12-14,19H,7-11H2,1-2H3,(H2,20,21,24);1H. The van der Waals surface area contributed by atoms with Gasteiger partial charge in [0, 0.05) is 24.7 Å². The van der Waals surface area contributed by atoms with E-state index in [1.54, 1.807) is 12.1 Å². The van der Waals surface area contributed by atoms with Crippen molar-refractivity contribution in [1.82, 2.24) is 15.5 Å². The van der Waals surface area contributed by atoms with Crippen LogP contribution in [0.3, 0.4) is 0 Å². The van der Waals surface area contributed by atoms with Gasteiger partial charge in [-0.3, -0.25) is 4.79 Å². The topological polar surface area (TPSA) is 73.5 Å². The van der Waals surface area contributed by atoms with E-state index < -0.39 is 0 Å². The summed E-state index contributed by atoms with van der Waals surface area (Å²) in [6, 6.07) is 7.57. The molecule has 1 aromatic rings. The summed E-state index contributed by atoms with van der Waals surface area (Å²) in [6.07, 6.45) is 3.11. The second kappa shape index (κ2) is 8.54. The number of carbonyl (C=O) groups is 2. The first-order valence-electron chi connectivity index (χ1n) is 8.76. The second-order valence-electron chi connectivity index (χ2n) is 6.89. The number of para-hydroxylation sites is 1. The highest BCUT2D eigenvalue weighted by molar-refractivity contribution is 6.03. The number of rotatable bonds is 3. The first kappa shape index (κ1) is 19.5. The number of hydrogen-bond donors (Lipinski definition) is 3. The molecule has 2 heterocycles. The molecule has 138 valence electrons. The van der Waals surface area contributed by atoms with Gasteiger partial charge in [0.2, 0.25) is 0 Å². The summed E-state index contributed by atoms with van der Waals surface area (Å²) in [7, 11) is 0. The van der Waals surface area contributed by atoms with Crippen molar-refractivity contribution < 1.29 is 9.59 Å². The van der Waals surface area contributed by atoms with Crippen LogP contribution in [0.2, 0.25) is 0 Å². The molecule has 0 aromatic heterocycles.